The van der Waals surface area contributed by atoms with Crippen molar-refractivity contribution >= 4 is 29.1 Å². The Hall–Kier alpha value is -5.51. The summed E-state index contributed by atoms with van der Waals surface area (Å²) in [5.74, 6) is 0.408. The van der Waals surface area contributed by atoms with Crippen molar-refractivity contribution in [2.24, 2.45) is 15.2 Å². The van der Waals surface area contributed by atoms with Gasteiger partial charge < -0.3 is 19.9 Å². The van der Waals surface area contributed by atoms with E-state index in [1.807, 2.05) is 42.5 Å². The summed E-state index contributed by atoms with van der Waals surface area (Å²) in [4.78, 5) is 25.6. The number of carbonyl (C=O) groups excluding carboxylic acids is 1. The molecule has 5 rings (SSSR count). The third-order valence-electron chi connectivity index (χ3n) is 7.92. The Morgan fingerprint density at radius 3 is 2.40 bits per heavy atom. The Balaban J connectivity index is 1.61. The monoisotopic (exact) mass is 664 g/mol. The first-order valence-electron chi connectivity index (χ1n) is 15.3. The molecule has 0 fully saturated rings. The molecule has 0 spiro atoms. The molecule has 2 atom stereocenters. The van der Waals surface area contributed by atoms with Crippen molar-refractivity contribution < 1.29 is 19.4 Å². The fourth-order valence-electron chi connectivity index (χ4n) is 5.56. The smallest absolute Gasteiger partial charge is 0.252 e. The molecule has 2 N–H and O–H groups in total. The lowest BCUT2D eigenvalue weighted by molar-refractivity contribution is -0.128. The molecule has 4 aromatic rings. The standard InChI is InChI=1S/C35H33ClN8O4/c36-30-12-5-3-8-24(30)18-19-39-34(46)35(22-26-9-1-2-10-27(26)23-40-43-37)32(29-11-4-6-13-31(29)42-44-38)48-33(41-35)25-14-16-28(17-15-25)47-21-7-20-45/h1-6,8-17,32,45H,7,18-23H2,(H,39,46)/t32-,35-/m1/s1. The van der Waals surface area contributed by atoms with Crippen LogP contribution in [0, 0.1) is 0 Å². The molecular formula is C35H33ClN8O4. The second-order valence-electron chi connectivity index (χ2n) is 11.0. The minimum absolute atomic E-state index is 0.0238. The lowest BCUT2D eigenvalue weighted by Crippen LogP contribution is -2.50. The highest BCUT2D eigenvalue weighted by Crippen LogP contribution is 2.45. The van der Waals surface area contributed by atoms with Crippen LogP contribution in [0.25, 0.3) is 20.9 Å². The van der Waals surface area contributed by atoms with Crippen LogP contribution in [0.1, 0.15) is 40.3 Å². The number of benzene rings is 4. The van der Waals surface area contributed by atoms with Crippen LogP contribution in [-0.4, -0.2) is 42.2 Å². The first-order chi connectivity index (χ1) is 23.5. The molecule has 0 bridgehead atoms. The van der Waals surface area contributed by atoms with Gasteiger partial charge in [-0.3, -0.25) is 4.79 Å². The molecule has 1 amide bonds. The number of rotatable bonds is 15. The SMILES string of the molecule is [N-]=[N+]=NCc1ccccc1C[C@@]1(C(=O)NCCc2ccccc2Cl)N=C(c2ccc(OCCCO)cc2)O[C@@H]1c1ccccc1N=[N+]=[N-]. The quantitative estimate of drug-likeness (QED) is 0.0572. The van der Waals surface area contributed by atoms with E-state index >= 15 is 0 Å². The molecule has 0 aliphatic carbocycles. The van der Waals surface area contributed by atoms with Crippen molar-refractivity contribution in [3.05, 3.63) is 151 Å². The zero-order valence-corrected chi connectivity index (χ0v) is 26.7. The summed E-state index contributed by atoms with van der Waals surface area (Å²) in [6, 6.07) is 28.8. The summed E-state index contributed by atoms with van der Waals surface area (Å²) in [5, 5.41) is 20.4. The topological polar surface area (TPSA) is 178 Å². The molecular weight excluding hydrogens is 632 g/mol. The van der Waals surface area contributed by atoms with Gasteiger partial charge in [0.2, 0.25) is 5.90 Å². The summed E-state index contributed by atoms with van der Waals surface area (Å²) in [6.45, 7) is 0.723. The van der Waals surface area contributed by atoms with E-state index in [4.69, 9.17) is 36.7 Å². The molecule has 0 unspecified atom stereocenters. The number of azide groups is 2. The number of hydrogen-bond acceptors (Lipinski definition) is 7. The Kier molecular flexibility index (Phi) is 11.5. The maximum atomic E-state index is 14.6. The maximum absolute atomic E-state index is 14.6. The van der Waals surface area contributed by atoms with Gasteiger partial charge in [0.15, 0.2) is 11.6 Å². The highest BCUT2D eigenvalue weighted by atomic mass is 35.5. The second kappa shape index (κ2) is 16.4. The zero-order chi connectivity index (χ0) is 33.8. The Labute approximate surface area is 282 Å². The number of nitrogens with zero attached hydrogens (tertiary/aromatic N) is 7. The number of carbonyl (C=O) groups is 1. The van der Waals surface area contributed by atoms with Crippen molar-refractivity contribution in [3.63, 3.8) is 0 Å². The molecule has 4 aromatic carbocycles. The molecule has 48 heavy (non-hydrogen) atoms. The Bertz CT molecular complexity index is 1870. The van der Waals surface area contributed by atoms with Crippen LogP contribution in [-0.2, 0) is 28.9 Å². The van der Waals surface area contributed by atoms with E-state index in [-0.39, 0.29) is 32.0 Å². The first-order valence-corrected chi connectivity index (χ1v) is 15.7. The van der Waals surface area contributed by atoms with Gasteiger partial charge in [-0.1, -0.05) is 88.6 Å². The van der Waals surface area contributed by atoms with E-state index in [9.17, 15) is 10.3 Å². The van der Waals surface area contributed by atoms with Crippen LogP contribution in [0.2, 0.25) is 5.02 Å². The maximum Gasteiger partial charge on any atom is 0.252 e. The molecule has 12 nitrogen and oxygen atoms in total. The van der Waals surface area contributed by atoms with Gasteiger partial charge >= 0.3 is 0 Å². The lowest BCUT2D eigenvalue weighted by Gasteiger charge is -2.32. The van der Waals surface area contributed by atoms with E-state index in [1.54, 1.807) is 54.6 Å². The summed E-state index contributed by atoms with van der Waals surface area (Å²) < 4.78 is 12.3. The summed E-state index contributed by atoms with van der Waals surface area (Å²) >= 11 is 6.40. The van der Waals surface area contributed by atoms with E-state index in [0.29, 0.717) is 47.0 Å². The average molecular weight is 665 g/mol. The number of hydrogen-bond donors (Lipinski definition) is 2. The van der Waals surface area contributed by atoms with Crippen molar-refractivity contribution in [2.75, 3.05) is 19.8 Å². The van der Waals surface area contributed by atoms with Crippen LogP contribution in [0.5, 0.6) is 5.75 Å². The summed E-state index contributed by atoms with van der Waals surface area (Å²) in [6.07, 6.45) is 0.0364. The highest BCUT2D eigenvalue weighted by Gasteiger charge is 2.54. The van der Waals surface area contributed by atoms with Crippen molar-refractivity contribution in [1.29, 1.82) is 0 Å². The van der Waals surface area contributed by atoms with Gasteiger partial charge in [0.1, 0.15) is 5.75 Å². The second-order valence-corrected chi connectivity index (χ2v) is 11.4. The number of ether oxygens (including phenoxy) is 2. The van der Waals surface area contributed by atoms with Crippen LogP contribution >= 0.6 is 11.6 Å². The molecule has 0 radical (unpaired) electrons. The number of aliphatic hydroxyl groups excluding tert-OH is 1. The number of aliphatic imine (C=N–C) groups is 1. The largest absolute Gasteiger partial charge is 0.494 e. The Morgan fingerprint density at radius 1 is 0.958 bits per heavy atom. The van der Waals surface area contributed by atoms with E-state index in [1.165, 1.54) is 0 Å². The van der Waals surface area contributed by atoms with Crippen LogP contribution < -0.4 is 10.1 Å². The molecule has 13 heteroatoms. The fourth-order valence-corrected chi connectivity index (χ4v) is 5.79. The number of nitrogens with one attached hydrogen (secondary N) is 1. The third-order valence-corrected chi connectivity index (χ3v) is 8.29. The van der Waals surface area contributed by atoms with Gasteiger partial charge in [0.05, 0.1) is 13.2 Å². The average Bonchev–Trinajstić information content (AvgIpc) is 3.49. The molecule has 0 saturated heterocycles. The predicted molar refractivity (Wildman–Crippen MR) is 183 cm³/mol. The summed E-state index contributed by atoms with van der Waals surface area (Å²) in [7, 11) is 0. The molecule has 0 aromatic heterocycles. The van der Waals surface area contributed by atoms with Crippen LogP contribution in [0.3, 0.4) is 0 Å². The molecule has 1 aliphatic heterocycles. The van der Waals surface area contributed by atoms with Gasteiger partial charge in [-0.15, -0.1) is 0 Å². The molecule has 244 valence electrons. The van der Waals surface area contributed by atoms with E-state index in [2.05, 4.69) is 25.4 Å². The number of halogens is 1. The molecule has 1 aliphatic rings. The van der Waals surface area contributed by atoms with Crippen LogP contribution in [0.15, 0.2) is 112 Å². The fraction of sp³-hybridized carbons (Fsp3) is 0.257. The normalized spacial score (nSPS) is 16.5. The van der Waals surface area contributed by atoms with Gasteiger partial charge in [-0.25, -0.2) is 4.99 Å². The van der Waals surface area contributed by atoms with Crippen molar-refractivity contribution in [2.45, 2.75) is 37.5 Å². The first kappa shape index (κ1) is 33.8. The lowest BCUT2D eigenvalue weighted by atomic mass is 9.80. The Morgan fingerprint density at radius 2 is 1.67 bits per heavy atom. The van der Waals surface area contributed by atoms with Gasteiger partial charge in [0.25, 0.3) is 5.91 Å². The predicted octanol–water partition coefficient (Wildman–Crippen LogP) is 7.71. The van der Waals surface area contributed by atoms with Crippen LogP contribution in [0.4, 0.5) is 5.69 Å². The van der Waals surface area contributed by atoms with Gasteiger partial charge in [-0.2, -0.15) is 0 Å². The third kappa shape index (κ3) is 7.88. The molecule has 0 saturated carbocycles. The zero-order valence-electron chi connectivity index (χ0n) is 25.9. The van der Waals surface area contributed by atoms with Gasteiger partial charge in [-0.05, 0) is 64.5 Å². The minimum Gasteiger partial charge on any atom is -0.494 e. The molecule has 1 heterocycles. The van der Waals surface area contributed by atoms with Gasteiger partial charge in [0, 0.05) is 57.7 Å². The highest BCUT2D eigenvalue weighted by molar-refractivity contribution is 6.31. The number of aliphatic hydroxyl groups is 1. The van der Waals surface area contributed by atoms with Crippen molar-refractivity contribution in [1.82, 2.24) is 5.32 Å². The minimum atomic E-state index is -1.58. The van der Waals surface area contributed by atoms with E-state index < -0.39 is 17.6 Å². The summed E-state index contributed by atoms with van der Waals surface area (Å²) in [5.41, 5.74) is 20.6. The van der Waals surface area contributed by atoms with Crippen molar-refractivity contribution in [3.8, 4) is 5.75 Å². The van der Waals surface area contributed by atoms with E-state index in [0.717, 1.165) is 16.7 Å². The number of amides is 1.